The molecule has 0 unspecified atom stereocenters. The van der Waals surface area contributed by atoms with E-state index in [0.717, 1.165) is 0 Å². The minimum atomic E-state index is -0.701. The highest BCUT2D eigenvalue weighted by Crippen LogP contribution is 2.15. The Morgan fingerprint density at radius 1 is 1.40 bits per heavy atom. The number of halogens is 2. The standard InChI is InChI=1S/C9H13Cl2N3O/c1-9(2,15)3-4-12-7-5-6(10)13-8(11)14-7/h5,15H,3-4H2,1-2H3,(H,12,13,14). The predicted molar refractivity (Wildman–Crippen MR) is 61.5 cm³/mol. The normalized spacial score (nSPS) is 11.5. The smallest absolute Gasteiger partial charge is 0.225 e. The number of aliphatic hydroxyl groups is 1. The van der Waals surface area contributed by atoms with Crippen molar-refractivity contribution >= 4 is 29.0 Å². The molecule has 0 fully saturated rings. The zero-order valence-corrected chi connectivity index (χ0v) is 10.1. The molecule has 1 rings (SSSR count). The van der Waals surface area contributed by atoms with E-state index in [9.17, 15) is 5.11 Å². The van der Waals surface area contributed by atoms with Gasteiger partial charge in [-0.1, -0.05) is 11.6 Å². The summed E-state index contributed by atoms with van der Waals surface area (Å²) in [4.78, 5) is 7.65. The fraction of sp³-hybridized carbons (Fsp3) is 0.556. The summed E-state index contributed by atoms with van der Waals surface area (Å²) in [7, 11) is 0. The van der Waals surface area contributed by atoms with Crippen LogP contribution in [-0.4, -0.2) is 27.2 Å². The van der Waals surface area contributed by atoms with Crippen molar-refractivity contribution in [3.8, 4) is 0 Å². The summed E-state index contributed by atoms with van der Waals surface area (Å²) in [5.74, 6) is 0.559. The summed E-state index contributed by atoms with van der Waals surface area (Å²) in [6.45, 7) is 4.08. The molecule has 15 heavy (non-hydrogen) atoms. The third kappa shape index (κ3) is 5.16. The Kier molecular flexibility index (Phi) is 4.13. The van der Waals surface area contributed by atoms with Crippen LogP contribution in [0.15, 0.2) is 6.07 Å². The molecular formula is C9H13Cl2N3O. The maximum Gasteiger partial charge on any atom is 0.225 e. The van der Waals surface area contributed by atoms with E-state index >= 15 is 0 Å². The van der Waals surface area contributed by atoms with Gasteiger partial charge in [-0.2, -0.15) is 0 Å². The molecule has 1 heterocycles. The van der Waals surface area contributed by atoms with Crippen molar-refractivity contribution in [3.05, 3.63) is 16.5 Å². The Hall–Kier alpha value is -0.580. The summed E-state index contributed by atoms with van der Waals surface area (Å²) in [6, 6.07) is 1.58. The van der Waals surface area contributed by atoms with Crippen molar-refractivity contribution in [1.82, 2.24) is 9.97 Å². The third-order valence-corrected chi connectivity index (χ3v) is 2.07. The quantitative estimate of drug-likeness (QED) is 0.636. The molecule has 2 N–H and O–H groups in total. The molecule has 0 bridgehead atoms. The van der Waals surface area contributed by atoms with E-state index in [4.69, 9.17) is 23.2 Å². The second kappa shape index (κ2) is 4.96. The van der Waals surface area contributed by atoms with Crippen LogP contribution in [-0.2, 0) is 0 Å². The van der Waals surface area contributed by atoms with E-state index in [0.29, 0.717) is 23.9 Å². The largest absolute Gasteiger partial charge is 0.390 e. The molecule has 84 valence electrons. The number of nitrogens with one attached hydrogen (secondary N) is 1. The number of hydrogen-bond acceptors (Lipinski definition) is 4. The van der Waals surface area contributed by atoms with Crippen LogP contribution in [0.4, 0.5) is 5.82 Å². The van der Waals surface area contributed by atoms with E-state index in [1.54, 1.807) is 19.9 Å². The molecule has 0 amide bonds. The molecule has 0 aliphatic rings. The Bertz CT molecular complexity index is 318. The van der Waals surface area contributed by atoms with Crippen LogP contribution in [0.3, 0.4) is 0 Å². The Morgan fingerprint density at radius 3 is 2.60 bits per heavy atom. The molecule has 1 aromatic heterocycles. The predicted octanol–water partition coefficient (Wildman–Crippen LogP) is 2.36. The van der Waals surface area contributed by atoms with Gasteiger partial charge >= 0.3 is 0 Å². The van der Waals surface area contributed by atoms with Gasteiger partial charge in [-0.3, -0.25) is 0 Å². The highest BCUT2D eigenvalue weighted by Gasteiger charge is 2.11. The number of hydrogen-bond donors (Lipinski definition) is 2. The molecule has 6 heteroatoms. The van der Waals surface area contributed by atoms with E-state index in [1.165, 1.54) is 0 Å². The molecule has 0 aromatic carbocycles. The van der Waals surface area contributed by atoms with Gasteiger partial charge in [0, 0.05) is 12.6 Å². The van der Waals surface area contributed by atoms with Crippen molar-refractivity contribution in [2.24, 2.45) is 0 Å². The highest BCUT2D eigenvalue weighted by atomic mass is 35.5. The summed E-state index contributed by atoms with van der Waals surface area (Å²) in [5, 5.41) is 12.9. The van der Waals surface area contributed by atoms with Crippen LogP contribution in [0.2, 0.25) is 10.4 Å². The molecule has 1 aromatic rings. The topological polar surface area (TPSA) is 58.0 Å². The SMILES string of the molecule is CC(C)(O)CCNc1cc(Cl)nc(Cl)n1. The molecule has 0 atom stereocenters. The molecule has 0 spiro atoms. The van der Waals surface area contributed by atoms with E-state index in [2.05, 4.69) is 15.3 Å². The molecular weight excluding hydrogens is 237 g/mol. The second-order valence-corrected chi connectivity index (χ2v) is 4.56. The molecule has 0 saturated carbocycles. The van der Waals surface area contributed by atoms with Crippen molar-refractivity contribution in [1.29, 1.82) is 0 Å². The summed E-state index contributed by atoms with van der Waals surface area (Å²) < 4.78 is 0. The van der Waals surface area contributed by atoms with Crippen molar-refractivity contribution < 1.29 is 5.11 Å². The first-order valence-corrected chi connectivity index (χ1v) is 5.29. The maximum absolute atomic E-state index is 9.48. The Balaban J connectivity index is 2.51. The van der Waals surface area contributed by atoms with Gasteiger partial charge in [-0.15, -0.1) is 0 Å². The molecule has 0 aliphatic heterocycles. The van der Waals surface area contributed by atoms with Gasteiger partial charge in [0.05, 0.1) is 5.60 Å². The average molecular weight is 250 g/mol. The molecule has 0 saturated heterocycles. The van der Waals surface area contributed by atoms with Crippen molar-refractivity contribution in [2.45, 2.75) is 25.9 Å². The van der Waals surface area contributed by atoms with E-state index < -0.39 is 5.60 Å². The summed E-state index contributed by atoms with van der Waals surface area (Å²) in [5.41, 5.74) is -0.701. The fourth-order valence-electron chi connectivity index (χ4n) is 0.977. The van der Waals surface area contributed by atoms with Crippen molar-refractivity contribution in [2.75, 3.05) is 11.9 Å². The van der Waals surface area contributed by atoms with Gasteiger partial charge in [-0.05, 0) is 31.9 Å². The average Bonchev–Trinajstić information content (AvgIpc) is 1.99. The number of anilines is 1. The van der Waals surface area contributed by atoms with Crippen LogP contribution in [0.5, 0.6) is 0 Å². The lowest BCUT2D eigenvalue weighted by atomic mass is 10.1. The van der Waals surface area contributed by atoms with E-state index in [1.807, 2.05) is 0 Å². The second-order valence-electron chi connectivity index (χ2n) is 3.83. The van der Waals surface area contributed by atoms with Crippen LogP contribution >= 0.6 is 23.2 Å². The first kappa shape index (κ1) is 12.5. The monoisotopic (exact) mass is 249 g/mol. The van der Waals surface area contributed by atoms with Crippen LogP contribution < -0.4 is 5.32 Å². The zero-order chi connectivity index (χ0) is 11.5. The number of aromatic nitrogens is 2. The van der Waals surface area contributed by atoms with Gasteiger partial charge in [0.1, 0.15) is 11.0 Å². The third-order valence-electron chi connectivity index (χ3n) is 1.71. The highest BCUT2D eigenvalue weighted by molar-refractivity contribution is 6.32. The van der Waals surface area contributed by atoms with Gasteiger partial charge in [0.2, 0.25) is 5.28 Å². The molecule has 4 nitrogen and oxygen atoms in total. The van der Waals surface area contributed by atoms with Crippen LogP contribution in [0.1, 0.15) is 20.3 Å². The molecule has 0 aliphatic carbocycles. The van der Waals surface area contributed by atoms with Gasteiger partial charge in [0.25, 0.3) is 0 Å². The number of rotatable bonds is 4. The van der Waals surface area contributed by atoms with Crippen molar-refractivity contribution in [3.63, 3.8) is 0 Å². The number of nitrogens with zero attached hydrogens (tertiary/aromatic N) is 2. The van der Waals surface area contributed by atoms with E-state index in [-0.39, 0.29) is 5.28 Å². The first-order chi connectivity index (χ1) is 6.87. The lowest BCUT2D eigenvalue weighted by molar-refractivity contribution is 0.0748. The first-order valence-electron chi connectivity index (χ1n) is 4.53. The zero-order valence-electron chi connectivity index (χ0n) is 8.59. The summed E-state index contributed by atoms with van der Waals surface area (Å²) in [6.07, 6.45) is 0.603. The van der Waals surface area contributed by atoms with Gasteiger partial charge < -0.3 is 10.4 Å². The lowest BCUT2D eigenvalue weighted by Crippen LogP contribution is -2.22. The fourth-order valence-corrected chi connectivity index (χ4v) is 1.39. The Labute approximate surface area is 98.6 Å². The minimum absolute atomic E-state index is 0.105. The minimum Gasteiger partial charge on any atom is -0.390 e. The van der Waals surface area contributed by atoms with Crippen LogP contribution in [0.25, 0.3) is 0 Å². The maximum atomic E-state index is 9.48. The Morgan fingerprint density at radius 2 is 2.07 bits per heavy atom. The molecule has 0 radical (unpaired) electrons. The van der Waals surface area contributed by atoms with Gasteiger partial charge in [0.15, 0.2) is 0 Å². The lowest BCUT2D eigenvalue weighted by Gasteiger charge is -2.17. The van der Waals surface area contributed by atoms with Crippen LogP contribution in [0, 0.1) is 0 Å². The summed E-state index contributed by atoms with van der Waals surface area (Å²) >= 11 is 11.3. The van der Waals surface area contributed by atoms with Gasteiger partial charge in [-0.25, -0.2) is 9.97 Å².